The molecule has 7 nitrogen and oxygen atoms in total. The lowest BCUT2D eigenvalue weighted by Gasteiger charge is -2.09. The Kier molecular flexibility index (Phi) is 5.05. The Morgan fingerprint density at radius 1 is 1.19 bits per heavy atom. The molecule has 0 unspecified atom stereocenters. The Morgan fingerprint density at radius 2 is 1.93 bits per heavy atom. The van der Waals surface area contributed by atoms with Gasteiger partial charge in [-0.1, -0.05) is 23.7 Å². The summed E-state index contributed by atoms with van der Waals surface area (Å²) >= 11 is 5.80. The van der Waals surface area contributed by atoms with Gasteiger partial charge in [-0.2, -0.15) is 0 Å². The SMILES string of the molecule is Cc1ccc2c(COC(=O)c3ccc(Cl)c(S(N)(=O)=O)c3)cc(=O)oc2c1. The van der Waals surface area contributed by atoms with Crippen LogP contribution in [0, 0.1) is 6.92 Å². The van der Waals surface area contributed by atoms with E-state index < -0.39 is 21.6 Å². The molecule has 140 valence electrons. The number of rotatable bonds is 4. The Bertz CT molecular complexity index is 1220. The minimum absolute atomic E-state index is 0.0356. The molecule has 0 bridgehead atoms. The number of nitrogens with two attached hydrogens (primary N) is 1. The summed E-state index contributed by atoms with van der Waals surface area (Å²) < 4.78 is 33.4. The lowest BCUT2D eigenvalue weighted by atomic mass is 10.1. The van der Waals surface area contributed by atoms with E-state index in [2.05, 4.69) is 0 Å². The molecule has 9 heteroatoms. The van der Waals surface area contributed by atoms with Gasteiger partial charge in [0.25, 0.3) is 0 Å². The molecule has 0 saturated carbocycles. The summed E-state index contributed by atoms with van der Waals surface area (Å²) in [4.78, 5) is 23.6. The van der Waals surface area contributed by atoms with E-state index in [0.717, 1.165) is 11.6 Å². The van der Waals surface area contributed by atoms with Gasteiger partial charge in [-0.3, -0.25) is 0 Å². The van der Waals surface area contributed by atoms with E-state index in [1.54, 1.807) is 12.1 Å². The third kappa shape index (κ3) is 4.19. The number of hydrogen-bond acceptors (Lipinski definition) is 6. The fourth-order valence-electron chi connectivity index (χ4n) is 2.53. The lowest BCUT2D eigenvalue weighted by Crippen LogP contribution is -2.14. The Morgan fingerprint density at radius 3 is 2.63 bits per heavy atom. The zero-order valence-electron chi connectivity index (χ0n) is 14.1. The molecule has 0 radical (unpaired) electrons. The molecule has 0 atom stereocenters. The average Bonchev–Trinajstić information content (AvgIpc) is 2.58. The molecule has 0 fully saturated rings. The minimum Gasteiger partial charge on any atom is -0.457 e. The van der Waals surface area contributed by atoms with Gasteiger partial charge in [0.05, 0.1) is 10.6 Å². The van der Waals surface area contributed by atoms with Crippen LogP contribution in [0.25, 0.3) is 11.0 Å². The van der Waals surface area contributed by atoms with E-state index >= 15 is 0 Å². The van der Waals surface area contributed by atoms with Gasteiger partial charge >= 0.3 is 11.6 Å². The van der Waals surface area contributed by atoms with E-state index in [1.807, 2.05) is 13.0 Å². The number of carbonyl (C=O) groups is 1. The molecule has 0 aliphatic heterocycles. The quantitative estimate of drug-likeness (QED) is 0.525. The highest BCUT2D eigenvalue weighted by molar-refractivity contribution is 7.89. The number of primary sulfonamides is 1. The predicted octanol–water partition coefficient (Wildman–Crippen LogP) is 2.76. The number of benzene rings is 2. The van der Waals surface area contributed by atoms with Crippen LogP contribution in [0.5, 0.6) is 0 Å². The first-order valence-electron chi connectivity index (χ1n) is 7.68. The van der Waals surface area contributed by atoms with Crippen molar-refractivity contribution in [1.82, 2.24) is 0 Å². The van der Waals surface area contributed by atoms with E-state index in [-0.39, 0.29) is 22.1 Å². The first kappa shape index (κ1) is 19.1. The number of esters is 1. The number of carbonyl (C=O) groups excluding carboxylic acids is 1. The molecule has 27 heavy (non-hydrogen) atoms. The van der Waals surface area contributed by atoms with Crippen molar-refractivity contribution in [3.63, 3.8) is 0 Å². The highest BCUT2D eigenvalue weighted by Crippen LogP contribution is 2.23. The van der Waals surface area contributed by atoms with Crippen molar-refractivity contribution in [3.05, 3.63) is 74.6 Å². The van der Waals surface area contributed by atoms with Crippen molar-refractivity contribution in [2.45, 2.75) is 18.4 Å². The summed E-state index contributed by atoms with van der Waals surface area (Å²) in [6.07, 6.45) is 0. The molecule has 0 amide bonds. The summed E-state index contributed by atoms with van der Waals surface area (Å²) in [5.74, 6) is -0.787. The van der Waals surface area contributed by atoms with E-state index in [9.17, 15) is 18.0 Å². The summed E-state index contributed by atoms with van der Waals surface area (Å²) in [7, 11) is -4.09. The van der Waals surface area contributed by atoms with Crippen LogP contribution in [-0.4, -0.2) is 14.4 Å². The number of halogens is 1. The van der Waals surface area contributed by atoms with Crippen molar-refractivity contribution in [3.8, 4) is 0 Å². The van der Waals surface area contributed by atoms with Crippen molar-refractivity contribution >= 4 is 38.6 Å². The second-order valence-electron chi connectivity index (χ2n) is 5.86. The van der Waals surface area contributed by atoms with Gasteiger partial charge in [0.2, 0.25) is 10.0 Å². The Balaban J connectivity index is 1.89. The number of hydrogen-bond donors (Lipinski definition) is 1. The molecule has 2 aromatic carbocycles. The zero-order valence-corrected chi connectivity index (χ0v) is 15.6. The number of fused-ring (bicyclic) bond motifs is 1. The van der Waals surface area contributed by atoms with Gasteiger partial charge in [-0.25, -0.2) is 23.1 Å². The zero-order chi connectivity index (χ0) is 19.8. The maximum atomic E-state index is 12.3. The molecule has 0 aliphatic rings. The molecular formula is C18H14ClNO6S. The maximum Gasteiger partial charge on any atom is 0.338 e. The van der Waals surface area contributed by atoms with Gasteiger partial charge in [0.15, 0.2) is 0 Å². The van der Waals surface area contributed by atoms with Crippen molar-refractivity contribution in [2.24, 2.45) is 5.14 Å². The summed E-state index contributed by atoms with van der Waals surface area (Å²) in [5.41, 5.74) is 1.16. The lowest BCUT2D eigenvalue weighted by molar-refractivity contribution is 0.0473. The Labute approximate surface area is 159 Å². The largest absolute Gasteiger partial charge is 0.457 e. The summed E-state index contributed by atoms with van der Waals surface area (Å²) in [6.45, 7) is 1.66. The molecule has 0 spiro atoms. The van der Waals surface area contributed by atoms with Crippen LogP contribution in [0.2, 0.25) is 5.02 Å². The third-order valence-electron chi connectivity index (χ3n) is 3.82. The molecule has 0 aliphatic carbocycles. The van der Waals surface area contributed by atoms with Crippen LogP contribution < -0.4 is 10.8 Å². The summed E-state index contributed by atoms with van der Waals surface area (Å²) in [6, 6.07) is 10.2. The monoisotopic (exact) mass is 407 g/mol. The van der Waals surface area contributed by atoms with Gasteiger partial charge in [-0.05, 0) is 36.8 Å². The fourth-order valence-corrected chi connectivity index (χ4v) is 3.60. The number of ether oxygens (including phenoxy) is 1. The first-order chi connectivity index (χ1) is 12.6. The average molecular weight is 408 g/mol. The van der Waals surface area contributed by atoms with E-state index in [0.29, 0.717) is 16.5 Å². The van der Waals surface area contributed by atoms with Crippen LogP contribution in [0.4, 0.5) is 0 Å². The fraction of sp³-hybridized carbons (Fsp3) is 0.111. The smallest absolute Gasteiger partial charge is 0.338 e. The topological polar surface area (TPSA) is 117 Å². The molecule has 3 aromatic rings. The minimum atomic E-state index is -4.09. The van der Waals surface area contributed by atoms with E-state index in [1.165, 1.54) is 18.2 Å². The third-order valence-corrected chi connectivity index (χ3v) is 5.21. The van der Waals surface area contributed by atoms with Gasteiger partial charge in [-0.15, -0.1) is 0 Å². The highest BCUT2D eigenvalue weighted by atomic mass is 35.5. The van der Waals surface area contributed by atoms with Crippen molar-refractivity contribution < 1.29 is 22.4 Å². The molecule has 2 N–H and O–H groups in total. The van der Waals surface area contributed by atoms with Crippen LogP contribution >= 0.6 is 11.6 Å². The molecular weight excluding hydrogens is 394 g/mol. The van der Waals surface area contributed by atoms with Crippen molar-refractivity contribution in [1.29, 1.82) is 0 Å². The molecule has 1 aromatic heterocycles. The van der Waals surface area contributed by atoms with Crippen LogP contribution in [0.1, 0.15) is 21.5 Å². The molecule has 3 rings (SSSR count). The standard InChI is InChI=1S/C18H14ClNO6S/c1-10-2-4-13-12(8-17(21)26-15(13)6-10)9-25-18(22)11-3-5-14(19)16(7-11)27(20,23)24/h2-8H,9H2,1H3,(H2,20,23,24). The van der Waals surface area contributed by atoms with Crippen molar-refractivity contribution in [2.75, 3.05) is 0 Å². The van der Waals surface area contributed by atoms with Crippen LogP contribution in [-0.2, 0) is 21.4 Å². The Hall–Kier alpha value is -2.68. The molecule has 0 saturated heterocycles. The highest BCUT2D eigenvalue weighted by Gasteiger charge is 2.17. The normalized spacial score (nSPS) is 11.5. The van der Waals surface area contributed by atoms with Crippen LogP contribution in [0.15, 0.2) is 56.6 Å². The van der Waals surface area contributed by atoms with Gasteiger partial charge in [0, 0.05) is 17.0 Å². The van der Waals surface area contributed by atoms with Gasteiger partial charge < -0.3 is 9.15 Å². The second-order valence-corrected chi connectivity index (χ2v) is 7.79. The number of sulfonamides is 1. The maximum absolute atomic E-state index is 12.3. The summed E-state index contributed by atoms with van der Waals surface area (Å²) in [5, 5.41) is 5.61. The predicted molar refractivity (Wildman–Crippen MR) is 99.2 cm³/mol. The van der Waals surface area contributed by atoms with Gasteiger partial charge in [0.1, 0.15) is 17.1 Å². The first-order valence-corrected chi connectivity index (χ1v) is 9.60. The molecule has 1 heterocycles. The number of aryl methyl sites for hydroxylation is 1. The van der Waals surface area contributed by atoms with Crippen LogP contribution in [0.3, 0.4) is 0 Å². The second kappa shape index (κ2) is 7.15. The van der Waals surface area contributed by atoms with E-state index in [4.69, 9.17) is 25.9 Å².